The van der Waals surface area contributed by atoms with Gasteiger partial charge in [0.25, 0.3) is 0 Å². The third kappa shape index (κ3) is 3.56. The van der Waals surface area contributed by atoms with Crippen LogP contribution in [-0.2, 0) is 4.79 Å². The largest absolute Gasteiger partial charge is 0.391 e. The normalized spacial score (nSPS) is 27.0. The van der Waals surface area contributed by atoms with Gasteiger partial charge in [0.2, 0.25) is 5.91 Å². The Morgan fingerprint density at radius 3 is 2.71 bits per heavy atom. The van der Waals surface area contributed by atoms with E-state index in [0.717, 1.165) is 32.1 Å². The smallest absolute Gasteiger partial charge is 0.223 e. The van der Waals surface area contributed by atoms with Gasteiger partial charge in [-0.05, 0) is 38.0 Å². The maximum Gasteiger partial charge on any atom is 0.223 e. The van der Waals surface area contributed by atoms with E-state index in [2.05, 4.69) is 17.5 Å². The lowest BCUT2D eigenvalue weighted by molar-refractivity contribution is -0.125. The summed E-state index contributed by atoms with van der Waals surface area (Å²) in [6.07, 6.45) is 11.4. The van der Waals surface area contributed by atoms with Crippen molar-refractivity contribution in [3.05, 3.63) is 12.2 Å². The Morgan fingerprint density at radius 1 is 1.29 bits per heavy atom. The van der Waals surface area contributed by atoms with E-state index in [4.69, 9.17) is 0 Å². The number of hydrogen-bond donors (Lipinski definition) is 2. The summed E-state index contributed by atoms with van der Waals surface area (Å²) < 4.78 is 0. The Kier molecular flexibility index (Phi) is 4.60. The van der Waals surface area contributed by atoms with Crippen molar-refractivity contribution in [2.75, 3.05) is 6.54 Å². The van der Waals surface area contributed by atoms with Crippen molar-refractivity contribution in [2.24, 2.45) is 11.8 Å². The van der Waals surface area contributed by atoms with Gasteiger partial charge in [0.1, 0.15) is 0 Å². The zero-order chi connectivity index (χ0) is 12.1. The van der Waals surface area contributed by atoms with Crippen LogP contribution in [0.15, 0.2) is 12.2 Å². The molecule has 0 radical (unpaired) electrons. The Hall–Kier alpha value is -0.830. The molecular formula is C14H23NO2. The molecule has 2 rings (SSSR count). The van der Waals surface area contributed by atoms with Gasteiger partial charge in [-0.2, -0.15) is 0 Å². The van der Waals surface area contributed by atoms with Crippen LogP contribution in [0.1, 0.15) is 44.9 Å². The summed E-state index contributed by atoms with van der Waals surface area (Å²) in [6, 6.07) is 0. The molecule has 0 heterocycles. The molecule has 0 spiro atoms. The van der Waals surface area contributed by atoms with Crippen molar-refractivity contribution in [3.8, 4) is 0 Å². The molecule has 0 bridgehead atoms. The molecule has 2 unspecified atom stereocenters. The minimum absolute atomic E-state index is 0.117. The van der Waals surface area contributed by atoms with Crippen LogP contribution in [0.2, 0.25) is 0 Å². The molecule has 0 aromatic rings. The second kappa shape index (κ2) is 6.20. The molecule has 0 saturated heterocycles. The van der Waals surface area contributed by atoms with Crippen molar-refractivity contribution in [2.45, 2.75) is 51.0 Å². The monoisotopic (exact) mass is 237 g/mol. The van der Waals surface area contributed by atoms with Crippen molar-refractivity contribution in [1.82, 2.24) is 5.32 Å². The summed E-state index contributed by atoms with van der Waals surface area (Å²) in [5.41, 5.74) is 0. The van der Waals surface area contributed by atoms with Crippen LogP contribution in [0.4, 0.5) is 0 Å². The Balaban J connectivity index is 1.69. The number of carbonyl (C=O) groups is 1. The van der Waals surface area contributed by atoms with Crippen LogP contribution in [0.3, 0.4) is 0 Å². The predicted molar refractivity (Wildman–Crippen MR) is 67.5 cm³/mol. The third-order valence-corrected chi connectivity index (χ3v) is 4.07. The fourth-order valence-corrected chi connectivity index (χ4v) is 2.89. The van der Waals surface area contributed by atoms with E-state index < -0.39 is 0 Å². The second-order valence-electron chi connectivity index (χ2n) is 5.34. The van der Waals surface area contributed by atoms with Gasteiger partial charge >= 0.3 is 0 Å². The molecule has 2 N–H and O–H groups in total. The van der Waals surface area contributed by atoms with Gasteiger partial charge in [-0.1, -0.05) is 25.0 Å². The highest BCUT2D eigenvalue weighted by molar-refractivity contribution is 5.78. The first-order valence-corrected chi connectivity index (χ1v) is 6.88. The molecule has 17 heavy (non-hydrogen) atoms. The molecule has 2 aliphatic rings. The molecular weight excluding hydrogens is 214 g/mol. The first-order chi connectivity index (χ1) is 8.27. The lowest BCUT2D eigenvalue weighted by Gasteiger charge is -2.21. The maximum absolute atomic E-state index is 11.9. The average molecular weight is 237 g/mol. The molecule has 1 fully saturated rings. The summed E-state index contributed by atoms with van der Waals surface area (Å²) in [5, 5.41) is 12.9. The molecule has 0 aromatic heterocycles. The quantitative estimate of drug-likeness (QED) is 0.735. The topological polar surface area (TPSA) is 49.3 Å². The highest BCUT2D eigenvalue weighted by atomic mass is 16.3. The standard InChI is InChI=1S/C14H23NO2/c16-13(11-6-4-5-7-11)10-15-14(17)12-8-2-1-3-9-12/h1-2,11-13,16H,3-10H2,(H,15,17). The van der Waals surface area contributed by atoms with Crippen LogP contribution in [0.5, 0.6) is 0 Å². The van der Waals surface area contributed by atoms with Crippen molar-refractivity contribution >= 4 is 5.91 Å². The summed E-state index contributed by atoms with van der Waals surface area (Å²) >= 11 is 0. The molecule has 96 valence electrons. The number of hydrogen-bond acceptors (Lipinski definition) is 2. The zero-order valence-corrected chi connectivity index (χ0v) is 10.4. The third-order valence-electron chi connectivity index (χ3n) is 4.07. The minimum atomic E-state index is -0.347. The minimum Gasteiger partial charge on any atom is -0.391 e. The summed E-state index contributed by atoms with van der Waals surface area (Å²) in [6.45, 7) is 0.434. The van der Waals surface area contributed by atoms with E-state index in [0.29, 0.717) is 12.5 Å². The number of rotatable bonds is 4. The van der Waals surface area contributed by atoms with Crippen molar-refractivity contribution in [3.63, 3.8) is 0 Å². The number of carbonyl (C=O) groups excluding carboxylic acids is 1. The van der Waals surface area contributed by atoms with E-state index in [9.17, 15) is 9.90 Å². The van der Waals surface area contributed by atoms with Crippen LogP contribution in [0, 0.1) is 11.8 Å². The van der Waals surface area contributed by atoms with Gasteiger partial charge < -0.3 is 10.4 Å². The number of aliphatic hydroxyl groups is 1. The summed E-state index contributed by atoms with van der Waals surface area (Å²) in [4.78, 5) is 11.9. The number of nitrogens with one attached hydrogen (secondary N) is 1. The van der Waals surface area contributed by atoms with Gasteiger partial charge in [-0.15, -0.1) is 0 Å². The molecule has 3 nitrogen and oxygen atoms in total. The highest BCUT2D eigenvalue weighted by Crippen LogP contribution is 2.27. The van der Waals surface area contributed by atoms with Crippen molar-refractivity contribution < 1.29 is 9.90 Å². The predicted octanol–water partition coefficient (Wildman–Crippen LogP) is 2.01. The van der Waals surface area contributed by atoms with Crippen LogP contribution in [0.25, 0.3) is 0 Å². The van der Waals surface area contributed by atoms with Gasteiger partial charge in [0, 0.05) is 12.5 Å². The van der Waals surface area contributed by atoms with Crippen LogP contribution < -0.4 is 5.32 Å². The van der Waals surface area contributed by atoms with Gasteiger partial charge in [-0.3, -0.25) is 4.79 Å². The average Bonchev–Trinajstić information content (AvgIpc) is 2.90. The molecule has 3 heteroatoms. The van der Waals surface area contributed by atoms with Crippen molar-refractivity contribution in [1.29, 1.82) is 0 Å². The molecule has 1 amide bonds. The van der Waals surface area contributed by atoms with Crippen LogP contribution in [-0.4, -0.2) is 23.7 Å². The molecule has 1 saturated carbocycles. The molecule has 0 aromatic carbocycles. The molecule has 0 aliphatic heterocycles. The lowest BCUT2D eigenvalue weighted by Crippen LogP contribution is -2.39. The van der Waals surface area contributed by atoms with Gasteiger partial charge in [0.05, 0.1) is 6.10 Å². The van der Waals surface area contributed by atoms with E-state index in [1.165, 1.54) is 12.8 Å². The number of amides is 1. The summed E-state index contributed by atoms with van der Waals surface area (Å²) in [5.74, 6) is 0.642. The van der Waals surface area contributed by atoms with E-state index in [1.54, 1.807) is 0 Å². The van der Waals surface area contributed by atoms with E-state index in [1.807, 2.05) is 0 Å². The Morgan fingerprint density at radius 2 is 2.06 bits per heavy atom. The fourth-order valence-electron chi connectivity index (χ4n) is 2.89. The first-order valence-electron chi connectivity index (χ1n) is 6.88. The molecule has 2 atom stereocenters. The number of allylic oxidation sites excluding steroid dienone is 2. The number of aliphatic hydroxyl groups excluding tert-OH is 1. The van der Waals surface area contributed by atoms with Gasteiger partial charge in [-0.25, -0.2) is 0 Å². The summed E-state index contributed by atoms with van der Waals surface area (Å²) in [7, 11) is 0. The zero-order valence-electron chi connectivity index (χ0n) is 10.4. The lowest BCUT2D eigenvalue weighted by atomic mass is 9.93. The SMILES string of the molecule is O=C(NCC(O)C1CCCC1)C1CC=CCC1. The van der Waals surface area contributed by atoms with Crippen LogP contribution >= 0.6 is 0 Å². The highest BCUT2D eigenvalue weighted by Gasteiger charge is 2.25. The van der Waals surface area contributed by atoms with E-state index in [-0.39, 0.29) is 17.9 Å². The fraction of sp³-hybridized carbons (Fsp3) is 0.786. The molecule has 2 aliphatic carbocycles. The Bertz CT molecular complexity index is 282. The Labute approximate surface area is 103 Å². The van der Waals surface area contributed by atoms with E-state index >= 15 is 0 Å². The second-order valence-corrected chi connectivity index (χ2v) is 5.34. The maximum atomic E-state index is 11.9. The van der Waals surface area contributed by atoms with Gasteiger partial charge in [0.15, 0.2) is 0 Å². The first kappa shape index (κ1) is 12.6.